The van der Waals surface area contributed by atoms with Gasteiger partial charge in [0.2, 0.25) is 11.9 Å². The molecule has 166 valence electrons. The van der Waals surface area contributed by atoms with Crippen LogP contribution in [0.3, 0.4) is 0 Å². The highest BCUT2D eigenvalue weighted by atomic mass is 16.5. The van der Waals surface area contributed by atoms with Gasteiger partial charge in [0.25, 0.3) is 0 Å². The van der Waals surface area contributed by atoms with E-state index in [2.05, 4.69) is 52.5 Å². The van der Waals surface area contributed by atoms with E-state index in [1.54, 1.807) is 13.3 Å². The van der Waals surface area contributed by atoms with E-state index < -0.39 is 5.41 Å². The monoisotopic (exact) mass is 437 g/mol. The van der Waals surface area contributed by atoms with Crippen LogP contribution in [-0.2, 0) is 23.1 Å². The summed E-state index contributed by atoms with van der Waals surface area (Å²) in [5.74, 6) is 1.06. The Morgan fingerprint density at radius 1 is 1.06 bits per heavy atom. The van der Waals surface area contributed by atoms with Crippen LogP contribution in [0.2, 0.25) is 0 Å². The Balaban J connectivity index is 1.36. The van der Waals surface area contributed by atoms with E-state index in [9.17, 15) is 4.79 Å². The van der Waals surface area contributed by atoms with Crippen molar-refractivity contribution >= 4 is 11.9 Å². The molecular formula is C28H27N3O2. The molecule has 1 aliphatic carbocycles. The number of imidazole rings is 1. The van der Waals surface area contributed by atoms with Gasteiger partial charge in [-0.25, -0.2) is 4.98 Å². The number of H-pyrrole nitrogens is 1. The zero-order valence-electron chi connectivity index (χ0n) is 18.8. The fraction of sp³-hybridized carbons (Fsp3) is 0.214. The molecular weight excluding hydrogens is 410 g/mol. The van der Waals surface area contributed by atoms with Crippen molar-refractivity contribution < 1.29 is 9.53 Å². The van der Waals surface area contributed by atoms with Crippen molar-refractivity contribution in [3.8, 4) is 5.75 Å². The normalized spacial score (nSPS) is 19.2. The topological polar surface area (TPSA) is 67.0 Å². The van der Waals surface area contributed by atoms with E-state index in [0.717, 1.165) is 22.6 Å². The molecule has 5 nitrogen and oxygen atoms in total. The Morgan fingerprint density at radius 3 is 2.55 bits per heavy atom. The molecule has 1 amide bonds. The molecule has 2 atom stereocenters. The van der Waals surface area contributed by atoms with Crippen LogP contribution in [0, 0.1) is 5.92 Å². The number of nitrogens with one attached hydrogen (secondary N) is 2. The van der Waals surface area contributed by atoms with Gasteiger partial charge in [-0.05, 0) is 40.8 Å². The third-order valence-electron chi connectivity index (χ3n) is 6.81. The lowest BCUT2D eigenvalue weighted by Gasteiger charge is -2.32. The van der Waals surface area contributed by atoms with E-state index in [-0.39, 0.29) is 11.8 Å². The van der Waals surface area contributed by atoms with Crippen molar-refractivity contribution in [1.82, 2.24) is 9.97 Å². The molecule has 5 heteroatoms. The predicted octanol–water partition coefficient (Wildman–Crippen LogP) is 5.13. The lowest BCUT2D eigenvalue weighted by Crippen LogP contribution is -2.38. The third kappa shape index (κ3) is 3.91. The number of rotatable bonds is 6. The summed E-state index contributed by atoms with van der Waals surface area (Å²) in [6.45, 7) is 2.18. The maximum absolute atomic E-state index is 13.5. The van der Waals surface area contributed by atoms with Gasteiger partial charge < -0.3 is 9.72 Å². The van der Waals surface area contributed by atoms with E-state index in [4.69, 9.17) is 4.74 Å². The third-order valence-corrected chi connectivity index (χ3v) is 6.81. The molecule has 0 saturated carbocycles. The number of hydrogen-bond acceptors (Lipinski definition) is 3. The molecule has 0 aliphatic heterocycles. The van der Waals surface area contributed by atoms with E-state index in [1.807, 2.05) is 48.5 Å². The largest absolute Gasteiger partial charge is 0.497 e. The van der Waals surface area contributed by atoms with Crippen molar-refractivity contribution in [2.24, 2.45) is 5.92 Å². The Hall–Kier alpha value is -3.86. The fourth-order valence-electron chi connectivity index (χ4n) is 4.99. The van der Waals surface area contributed by atoms with Crippen LogP contribution < -0.4 is 10.1 Å². The number of aromatic amines is 1. The van der Waals surface area contributed by atoms with E-state index >= 15 is 0 Å². The quantitative estimate of drug-likeness (QED) is 0.440. The fourth-order valence-corrected chi connectivity index (χ4v) is 4.99. The van der Waals surface area contributed by atoms with Gasteiger partial charge in [-0.2, -0.15) is 0 Å². The van der Waals surface area contributed by atoms with Gasteiger partial charge in [0, 0.05) is 17.5 Å². The first-order valence-electron chi connectivity index (χ1n) is 11.2. The second-order valence-corrected chi connectivity index (χ2v) is 8.75. The Bertz CT molecular complexity index is 1260. The van der Waals surface area contributed by atoms with Gasteiger partial charge >= 0.3 is 0 Å². The van der Waals surface area contributed by atoms with Crippen molar-refractivity contribution in [2.75, 3.05) is 12.4 Å². The van der Waals surface area contributed by atoms with Gasteiger partial charge in [0.15, 0.2) is 0 Å². The van der Waals surface area contributed by atoms with E-state index in [1.165, 1.54) is 11.1 Å². The molecule has 2 N–H and O–H groups in total. The zero-order chi connectivity index (χ0) is 22.8. The minimum Gasteiger partial charge on any atom is -0.497 e. The number of hydrogen-bond donors (Lipinski definition) is 2. The molecule has 0 radical (unpaired) electrons. The number of nitrogens with zero attached hydrogens (tertiary/aromatic N) is 1. The van der Waals surface area contributed by atoms with Gasteiger partial charge in [-0.15, -0.1) is 0 Å². The highest BCUT2D eigenvalue weighted by molar-refractivity contribution is 5.93. The molecule has 0 fully saturated rings. The van der Waals surface area contributed by atoms with E-state index in [0.29, 0.717) is 18.8 Å². The number of amides is 1. The summed E-state index contributed by atoms with van der Waals surface area (Å²) in [5, 5.41) is 3.04. The lowest BCUT2D eigenvalue weighted by atomic mass is 9.71. The first-order chi connectivity index (χ1) is 16.1. The molecule has 0 saturated heterocycles. The first-order valence-corrected chi connectivity index (χ1v) is 11.2. The minimum absolute atomic E-state index is 0.0251. The average Bonchev–Trinajstić information content (AvgIpc) is 3.42. The molecule has 33 heavy (non-hydrogen) atoms. The molecule has 1 aliphatic rings. The Labute approximate surface area is 193 Å². The number of anilines is 1. The smallest absolute Gasteiger partial charge is 0.231 e. The van der Waals surface area contributed by atoms with Crippen molar-refractivity contribution in [2.45, 2.75) is 25.2 Å². The van der Waals surface area contributed by atoms with Crippen LogP contribution in [0.5, 0.6) is 5.75 Å². The first kappa shape index (κ1) is 21.0. The van der Waals surface area contributed by atoms with Crippen molar-refractivity contribution in [1.29, 1.82) is 0 Å². The summed E-state index contributed by atoms with van der Waals surface area (Å²) in [6, 6.07) is 26.6. The van der Waals surface area contributed by atoms with Crippen LogP contribution in [0.15, 0.2) is 85.1 Å². The summed E-state index contributed by atoms with van der Waals surface area (Å²) in [6.07, 6.45) is 3.18. The summed E-state index contributed by atoms with van der Waals surface area (Å²) in [5.41, 5.74) is 5.27. The summed E-state index contributed by atoms with van der Waals surface area (Å²) in [7, 11) is 1.66. The standard InChI is InChI=1S/C28H27N3O2/c1-28(21-9-4-3-5-10-21)24-11-7-6-8-20(24)17-25(28)26(32)31-27-29-18-22(30-27)16-19-12-14-23(33-2)15-13-19/h3-15,18,25H,16-17H2,1-2H3,(H2,29,30,31,32). The van der Waals surface area contributed by atoms with Crippen LogP contribution in [-0.4, -0.2) is 23.0 Å². The average molecular weight is 438 g/mol. The molecule has 1 aromatic heterocycles. The molecule has 0 bridgehead atoms. The van der Waals surface area contributed by atoms with Crippen LogP contribution in [0.25, 0.3) is 0 Å². The number of benzene rings is 3. The highest BCUT2D eigenvalue weighted by Crippen LogP contribution is 2.48. The number of fused-ring (bicyclic) bond motifs is 1. The molecule has 3 aromatic carbocycles. The minimum atomic E-state index is -0.402. The molecule has 1 heterocycles. The molecule has 4 aromatic rings. The summed E-state index contributed by atoms with van der Waals surface area (Å²) >= 11 is 0. The van der Waals surface area contributed by atoms with Gasteiger partial charge in [0.1, 0.15) is 5.75 Å². The number of aromatic nitrogens is 2. The predicted molar refractivity (Wildman–Crippen MR) is 130 cm³/mol. The molecule has 0 spiro atoms. The second kappa shape index (κ2) is 8.58. The van der Waals surface area contributed by atoms with Crippen LogP contribution >= 0.6 is 0 Å². The maximum atomic E-state index is 13.5. The number of ether oxygens (including phenoxy) is 1. The Morgan fingerprint density at radius 2 is 1.79 bits per heavy atom. The second-order valence-electron chi connectivity index (χ2n) is 8.75. The maximum Gasteiger partial charge on any atom is 0.231 e. The van der Waals surface area contributed by atoms with Crippen LogP contribution in [0.4, 0.5) is 5.95 Å². The summed E-state index contributed by atoms with van der Waals surface area (Å²) in [4.78, 5) is 21.2. The SMILES string of the molecule is COc1ccc(Cc2cnc(NC(=O)C3Cc4ccccc4C3(C)c3ccccc3)[nH]2)cc1. The van der Waals surface area contributed by atoms with Crippen LogP contribution in [0.1, 0.15) is 34.9 Å². The van der Waals surface area contributed by atoms with Gasteiger partial charge in [-0.1, -0.05) is 73.7 Å². The van der Waals surface area contributed by atoms with Crippen molar-refractivity contribution in [3.63, 3.8) is 0 Å². The molecule has 5 rings (SSSR count). The van der Waals surface area contributed by atoms with Gasteiger partial charge in [-0.3, -0.25) is 10.1 Å². The number of carbonyl (C=O) groups is 1. The molecule has 2 unspecified atom stereocenters. The van der Waals surface area contributed by atoms with Crippen molar-refractivity contribution in [3.05, 3.63) is 113 Å². The zero-order valence-corrected chi connectivity index (χ0v) is 18.8. The highest BCUT2D eigenvalue weighted by Gasteiger charge is 2.47. The lowest BCUT2D eigenvalue weighted by molar-refractivity contribution is -0.121. The summed E-state index contributed by atoms with van der Waals surface area (Å²) < 4.78 is 5.22. The van der Waals surface area contributed by atoms with Gasteiger partial charge in [0.05, 0.1) is 19.2 Å². The number of carbonyl (C=O) groups excluding carboxylic acids is 1. The number of methoxy groups -OCH3 is 1. The Kier molecular flexibility index (Phi) is 5.47.